The number of aliphatic carboxylic acids is 1. The summed E-state index contributed by atoms with van der Waals surface area (Å²) in [6, 6.07) is -0.789. The van der Waals surface area contributed by atoms with Gasteiger partial charge in [0.15, 0.2) is 0 Å². The Morgan fingerprint density at radius 1 is 1.62 bits per heavy atom. The van der Waals surface area contributed by atoms with Gasteiger partial charge in [0.05, 0.1) is 0 Å². The van der Waals surface area contributed by atoms with E-state index in [-0.39, 0.29) is 5.91 Å². The summed E-state index contributed by atoms with van der Waals surface area (Å²) in [5.74, 6) is -0.921. The Balaban J connectivity index is 4.51. The van der Waals surface area contributed by atoms with E-state index in [2.05, 4.69) is 0 Å². The van der Waals surface area contributed by atoms with E-state index in [1.165, 1.54) is 18.9 Å². The molecule has 0 aromatic rings. The van der Waals surface area contributed by atoms with Gasteiger partial charge in [-0.3, -0.25) is 4.79 Å². The second-order valence-electron chi connectivity index (χ2n) is 2.72. The van der Waals surface area contributed by atoms with Crippen molar-refractivity contribution in [1.29, 1.82) is 0 Å². The summed E-state index contributed by atoms with van der Waals surface area (Å²) in [5.41, 5.74) is 0. The van der Waals surface area contributed by atoms with Gasteiger partial charge in [0.25, 0.3) is 0 Å². The smallest absolute Gasteiger partial charge is 0.327 e. The molecule has 0 aliphatic rings. The van der Waals surface area contributed by atoms with Crippen LogP contribution in [0.2, 0.25) is 0 Å². The third-order valence-corrected chi connectivity index (χ3v) is 2.84. The van der Waals surface area contributed by atoms with Crippen LogP contribution in [0, 0.1) is 0 Å². The number of amides is 1. The molecule has 0 spiro atoms. The van der Waals surface area contributed by atoms with Crippen molar-refractivity contribution in [1.82, 2.24) is 4.90 Å². The molecule has 0 radical (unpaired) electrons. The number of hydrogen-bond acceptors (Lipinski definition) is 3. The molecule has 6 heteroatoms. The van der Waals surface area contributed by atoms with E-state index in [1.807, 2.05) is 0 Å². The van der Waals surface area contributed by atoms with Crippen LogP contribution in [0.4, 0.5) is 0 Å². The molecule has 2 atom stereocenters. The van der Waals surface area contributed by atoms with E-state index in [1.54, 1.807) is 6.26 Å². The number of carbonyl (C=O) groups excluding carboxylic acids is 1. The van der Waals surface area contributed by atoms with Crippen molar-refractivity contribution in [2.24, 2.45) is 0 Å². The van der Waals surface area contributed by atoms with Gasteiger partial charge in [-0.15, -0.1) is 9.45 Å². The molecule has 0 saturated heterocycles. The van der Waals surface area contributed by atoms with Gasteiger partial charge in [0.1, 0.15) is 6.04 Å². The first-order chi connectivity index (χ1) is 5.86. The highest BCUT2D eigenvalue weighted by atomic mass is 32.8. The van der Waals surface area contributed by atoms with Crippen LogP contribution < -0.4 is 0 Å². The van der Waals surface area contributed by atoms with Crippen molar-refractivity contribution in [2.75, 3.05) is 19.1 Å². The predicted molar refractivity (Wildman–Crippen MR) is 55.4 cm³/mol. The number of carbonyl (C=O) groups is 2. The fraction of sp³-hybridized carbons (Fsp3) is 0.714. The Morgan fingerprint density at radius 3 is 2.31 bits per heavy atom. The quantitative estimate of drug-likeness (QED) is 0.706. The van der Waals surface area contributed by atoms with Gasteiger partial charge < -0.3 is 10.0 Å². The highest BCUT2D eigenvalue weighted by Crippen LogP contribution is 1.99. The van der Waals surface area contributed by atoms with Gasteiger partial charge in [-0.1, -0.05) is 11.2 Å². The number of carboxylic acid groups (broad SMARTS) is 1. The lowest BCUT2D eigenvalue weighted by Gasteiger charge is -2.23. The lowest BCUT2D eigenvalue weighted by molar-refractivity contribution is -0.147. The SMILES string of the molecule is CC(=O)N(C)[C@@H](CS(C)=S)C(=O)O. The highest BCUT2D eigenvalue weighted by Gasteiger charge is 2.24. The molecule has 1 amide bonds. The first-order valence-electron chi connectivity index (χ1n) is 3.62. The standard InChI is InChI=1S/C7H13NO3S2/c1-5(9)8(2)6(7(10)11)4-13(3)12/h6H,4H2,1-3H3,(H,10,11)/t6-,13?/m0/s1. The van der Waals surface area contributed by atoms with Crippen molar-refractivity contribution in [3.05, 3.63) is 0 Å². The van der Waals surface area contributed by atoms with Gasteiger partial charge in [0.2, 0.25) is 5.91 Å². The Kier molecular flexibility index (Phi) is 5.09. The molecule has 0 aromatic heterocycles. The largest absolute Gasteiger partial charge is 0.480 e. The Hall–Kier alpha value is -0.490. The Morgan fingerprint density at radius 2 is 2.08 bits per heavy atom. The van der Waals surface area contributed by atoms with Crippen LogP contribution in [-0.2, 0) is 30.2 Å². The minimum Gasteiger partial charge on any atom is -0.480 e. The maximum Gasteiger partial charge on any atom is 0.327 e. The molecule has 0 rings (SSSR count). The molecule has 0 bridgehead atoms. The molecular weight excluding hydrogens is 210 g/mol. The van der Waals surface area contributed by atoms with Crippen LogP contribution in [0.3, 0.4) is 0 Å². The van der Waals surface area contributed by atoms with Gasteiger partial charge in [-0.2, -0.15) is 0 Å². The summed E-state index contributed by atoms with van der Waals surface area (Å²) in [6.07, 6.45) is 1.78. The van der Waals surface area contributed by atoms with Crippen molar-refractivity contribution in [2.45, 2.75) is 13.0 Å². The van der Waals surface area contributed by atoms with Crippen molar-refractivity contribution in [3.63, 3.8) is 0 Å². The molecule has 0 aliphatic heterocycles. The molecule has 0 fully saturated rings. The normalized spacial score (nSPS) is 14.7. The van der Waals surface area contributed by atoms with E-state index >= 15 is 0 Å². The molecule has 1 N–H and O–H groups in total. The summed E-state index contributed by atoms with van der Waals surface area (Å²) in [4.78, 5) is 22.9. The van der Waals surface area contributed by atoms with Gasteiger partial charge >= 0.3 is 5.97 Å². The van der Waals surface area contributed by atoms with Crippen LogP contribution in [0.5, 0.6) is 0 Å². The molecule has 1 unspecified atom stereocenters. The average Bonchev–Trinajstić information content (AvgIpc) is 1.97. The third kappa shape index (κ3) is 4.33. The zero-order valence-corrected chi connectivity index (χ0v) is 9.44. The fourth-order valence-electron chi connectivity index (χ4n) is 0.791. The summed E-state index contributed by atoms with van der Waals surface area (Å²) in [7, 11) is 1.08. The van der Waals surface area contributed by atoms with Crippen molar-refractivity contribution < 1.29 is 14.7 Å². The molecule has 13 heavy (non-hydrogen) atoms. The fourth-order valence-corrected chi connectivity index (χ4v) is 1.99. The first-order valence-corrected chi connectivity index (χ1v) is 6.35. The summed E-state index contributed by atoms with van der Waals surface area (Å²) in [5, 5.41) is 8.81. The number of nitrogens with zero attached hydrogens (tertiary/aromatic N) is 1. The molecule has 0 aliphatic carbocycles. The van der Waals surface area contributed by atoms with E-state index in [0.717, 1.165) is 0 Å². The molecule has 0 saturated carbocycles. The maximum atomic E-state index is 10.9. The topological polar surface area (TPSA) is 57.6 Å². The minimum atomic E-state index is -0.998. The predicted octanol–water partition coefficient (Wildman–Crippen LogP) is -0.372. The van der Waals surface area contributed by atoms with Gasteiger partial charge in [-0.25, -0.2) is 4.79 Å². The Bertz CT molecular complexity index is 242. The zero-order valence-electron chi connectivity index (χ0n) is 7.81. The van der Waals surface area contributed by atoms with E-state index < -0.39 is 21.5 Å². The highest BCUT2D eigenvalue weighted by molar-refractivity contribution is 8.28. The van der Waals surface area contributed by atoms with E-state index in [9.17, 15) is 9.59 Å². The number of rotatable bonds is 4. The van der Waals surface area contributed by atoms with Crippen LogP contribution in [0.1, 0.15) is 6.92 Å². The van der Waals surface area contributed by atoms with E-state index in [0.29, 0.717) is 5.75 Å². The number of hydrogen-bond donors (Lipinski definition) is 1. The van der Waals surface area contributed by atoms with Gasteiger partial charge in [0, 0.05) is 19.7 Å². The molecule has 0 aromatic carbocycles. The van der Waals surface area contributed by atoms with Crippen molar-refractivity contribution in [3.8, 4) is 0 Å². The second kappa shape index (κ2) is 5.29. The van der Waals surface area contributed by atoms with Crippen LogP contribution in [0.25, 0.3) is 0 Å². The summed E-state index contributed by atoms with van der Waals surface area (Å²) < 4.78 is 0. The lowest BCUT2D eigenvalue weighted by Crippen LogP contribution is -2.44. The zero-order chi connectivity index (χ0) is 10.6. The van der Waals surface area contributed by atoms with Crippen molar-refractivity contribution >= 4 is 32.5 Å². The molecular formula is C7H13NO3S2. The van der Waals surface area contributed by atoms with E-state index in [4.69, 9.17) is 16.3 Å². The van der Waals surface area contributed by atoms with Crippen LogP contribution in [0.15, 0.2) is 0 Å². The van der Waals surface area contributed by atoms with Crippen LogP contribution in [-0.4, -0.2) is 47.0 Å². The lowest BCUT2D eigenvalue weighted by atomic mass is 10.3. The number of carboxylic acids is 1. The van der Waals surface area contributed by atoms with Crippen LogP contribution >= 0.6 is 0 Å². The number of likely N-dealkylation sites (N-methyl/N-ethyl adjacent to an activating group) is 1. The molecule has 76 valence electrons. The third-order valence-electron chi connectivity index (χ3n) is 1.64. The first kappa shape index (κ1) is 12.5. The molecule has 4 nitrogen and oxygen atoms in total. The second-order valence-corrected chi connectivity index (χ2v) is 5.91. The average molecular weight is 223 g/mol. The maximum absolute atomic E-state index is 10.9. The minimum absolute atomic E-state index is 0.257. The Labute approximate surface area is 84.5 Å². The molecule has 0 heterocycles. The van der Waals surface area contributed by atoms with Gasteiger partial charge in [-0.05, 0) is 6.26 Å². The summed E-state index contributed by atoms with van der Waals surface area (Å²) in [6.45, 7) is 1.34. The monoisotopic (exact) mass is 223 g/mol. The summed E-state index contributed by atoms with van der Waals surface area (Å²) >= 11 is 4.91.